The minimum absolute atomic E-state index is 0.0349. The molecule has 0 radical (unpaired) electrons. The lowest BCUT2D eigenvalue weighted by Gasteiger charge is -2.25. The molecule has 7 heteroatoms. The van der Waals surface area contributed by atoms with Gasteiger partial charge in [-0.2, -0.15) is 0 Å². The van der Waals surface area contributed by atoms with E-state index in [4.69, 9.17) is 0 Å². The first-order chi connectivity index (χ1) is 15.6. The van der Waals surface area contributed by atoms with Crippen molar-refractivity contribution in [3.8, 4) is 0 Å². The molecule has 1 aliphatic heterocycles. The number of ketones is 1. The molecule has 1 unspecified atom stereocenters. The van der Waals surface area contributed by atoms with Crippen LogP contribution in [0.25, 0.3) is 11.4 Å². The van der Waals surface area contributed by atoms with Gasteiger partial charge in [0.1, 0.15) is 11.3 Å². The van der Waals surface area contributed by atoms with Crippen molar-refractivity contribution in [1.82, 2.24) is 19.3 Å². The molecule has 1 amide bonds. The molecule has 7 nitrogen and oxygen atoms in total. The van der Waals surface area contributed by atoms with Crippen LogP contribution < -0.4 is 0 Å². The maximum Gasteiger partial charge on any atom is 0.295 e. The van der Waals surface area contributed by atoms with Crippen LogP contribution in [0.3, 0.4) is 0 Å². The Balaban J connectivity index is 1.71. The molecule has 5 rings (SSSR count). The standard InChI is InChI=1S/C25H20N4O3/c1-16-21(28-13-6-5-11-19(28)27-16)23(30)20-22(18-10-7-12-26-14-18)29(25(32)24(20)31)15-17-8-3-2-4-9-17/h2-14,22,30H,15H2,1H3/b23-20-. The van der Waals surface area contributed by atoms with E-state index in [0.717, 1.165) is 5.56 Å². The summed E-state index contributed by atoms with van der Waals surface area (Å²) in [4.78, 5) is 36.5. The molecular weight excluding hydrogens is 404 g/mol. The average Bonchev–Trinajstić information content (AvgIpc) is 3.28. The molecule has 1 atom stereocenters. The Morgan fingerprint density at radius 1 is 1.03 bits per heavy atom. The number of aliphatic hydroxyl groups is 1. The molecule has 0 spiro atoms. The highest BCUT2D eigenvalue weighted by molar-refractivity contribution is 6.46. The van der Waals surface area contributed by atoms with Crippen molar-refractivity contribution >= 4 is 23.1 Å². The molecular formula is C25H20N4O3. The maximum absolute atomic E-state index is 13.2. The first kappa shape index (κ1) is 19.7. The summed E-state index contributed by atoms with van der Waals surface area (Å²) in [5, 5.41) is 11.4. The number of nitrogens with zero attached hydrogens (tertiary/aromatic N) is 4. The van der Waals surface area contributed by atoms with Gasteiger partial charge in [-0.1, -0.05) is 42.5 Å². The third-order valence-electron chi connectivity index (χ3n) is 5.66. The molecule has 0 saturated carbocycles. The molecule has 4 aromatic rings. The second kappa shape index (κ2) is 7.77. The van der Waals surface area contributed by atoms with Crippen LogP contribution in [0.4, 0.5) is 0 Å². The van der Waals surface area contributed by atoms with E-state index in [1.165, 1.54) is 4.90 Å². The predicted molar refractivity (Wildman–Crippen MR) is 118 cm³/mol. The minimum atomic E-state index is -0.766. The first-order valence-electron chi connectivity index (χ1n) is 10.2. The van der Waals surface area contributed by atoms with E-state index >= 15 is 0 Å². The van der Waals surface area contributed by atoms with Gasteiger partial charge in [-0.3, -0.25) is 19.0 Å². The van der Waals surface area contributed by atoms with E-state index in [9.17, 15) is 14.7 Å². The summed E-state index contributed by atoms with van der Waals surface area (Å²) in [6, 6.07) is 17.7. The van der Waals surface area contributed by atoms with Crippen LogP contribution in [-0.2, 0) is 16.1 Å². The Bertz CT molecular complexity index is 1360. The normalized spacial score (nSPS) is 17.9. The number of likely N-dealkylation sites (tertiary alicyclic amines) is 1. The number of Topliss-reactive ketones (excluding diaryl/α,β-unsaturated/α-hetero) is 1. The van der Waals surface area contributed by atoms with Crippen molar-refractivity contribution in [1.29, 1.82) is 0 Å². The van der Waals surface area contributed by atoms with Crippen molar-refractivity contribution < 1.29 is 14.7 Å². The van der Waals surface area contributed by atoms with Crippen LogP contribution in [0.1, 0.15) is 28.6 Å². The van der Waals surface area contributed by atoms with Gasteiger partial charge < -0.3 is 10.0 Å². The van der Waals surface area contributed by atoms with Crippen LogP contribution >= 0.6 is 0 Å². The largest absolute Gasteiger partial charge is 0.505 e. The number of amides is 1. The Kier molecular flexibility index (Phi) is 4.78. The van der Waals surface area contributed by atoms with Gasteiger partial charge in [0.05, 0.1) is 17.3 Å². The van der Waals surface area contributed by atoms with E-state index in [1.807, 2.05) is 48.5 Å². The highest BCUT2D eigenvalue weighted by Crippen LogP contribution is 2.40. The monoisotopic (exact) mass is 424 g/mol. The summed E-state index contributed by atoms with van der Waals surface area (Å²) in [7, 11) is 0. The zero-order valence-corrected chi connectivity index (χ0v) is 17.3. The molecule has 1 fully saturated rings. The number of hydrogen-bond acceptors (Lipinski definition) is 5. The Morgan fingerprint density at radius 3 is 2.56 bits per heavy atom. The van der Waals surface area contributed by atoms with Crippen LogP contribution in [0.15, 0.2) is 84.8 Å². The fourth-order valence-corrected chi connectivity index (χ4v) is 4.23. The zero-order chi connectivity index (χ0) is 22.2. The number of aliphatic hydroxyl groups excluding tert-OH is 1. The predicted octanol–water partition coefficient (Wildman–Crippen LogP) is 3.66. The lowest BCUT2D eigenvalue weighted by Crippen LogP contribution is -2.29. The van der Waals surface area contributed by atoms with E-state index in [1.54, 1.807) is 42.0 Å². The van der Waals surface area contributed by atoms with Crippen LogP contribution in [0.2, 0.25) is 0 Å². The summed E-state index contributed by atoms with van der Waals surface area (Å²) in [6.45, 7) is 2.00. The fraction of sp³-hybridized carbons (Fsp3) is 0.120. The quantitative estimate of drug-likeness (QED) is 0.307. The summed E-state index contributed by atoms with van der Waals surface area (Å²) in [5.74, 6) is -1.63. The SMILES string of the molecule is Cc1nc2ccccn2c1/C(O)=C1/C(=O)C(=O)N(Cc2ccccc2)C1c1cccnc1. The molecule has 0 bridgehead atoms. The Hall–Kier alpha value is -4.26. The number of hydrogen-bond donors (Lipinski definition) is 1. The molecule has 1 aliphatic rings. The van der Waals surface area contributed by atoms with E-state index in [0.29, 0.717) is 22.6 Å². The number of fused-ring (bicyclic) bond motifs is 1. The zero-order valence-electron chi connectivity index (χ0n) is 17.3. The van der Waals surface area contributed by atoms with Crippen molar-refractivity contribution in [2.45, 2.75) is 19.5 Å². The van der Waals surface area contributed by atoms with E-state index in [-0.39, 0.29) is 17.9 Å². The van der Waals surface area contributed by atoms with Crippen molar-refractivity contribution in [2.24, 2.45) is 0 Å². The summed E-state index contributed by atoms with van der Waals surface area (Å²) >= 11 is 0. The lowest BCUT2D eigenvalue weighted by molar-refractivity contribution is -0.140. The molecule has 1 N–H and O–H groups in total. The van der Waals surface area contributed by atoms with E-state index in [2.05, 4.69) is 9.97 Å². The van der Waals surface area contributed by atoms with E-state index < -0.39 is 17.7 Å². The smallest absolute Gasteiger partial charge is 0.295 e. The van der Waals surface area contributed by atoms with Crippen molar-refractivity contribution in [3.63, 3.8) is 0 Å². The highest BCUT2D eigenvalue weighted by atomic mass is 16.3. The maximum atomic E-state index is 13.2. The molecule has 4 heterocycles. The first-order valence-corrected chi connectivity index (χ1v) is 10.2. The highest BCUT2D eigenvalue weighted by Gasteiger charge is 2.46. The molecule has 158 valence electrons. The number of benzene rings is 1. The molecule has 1 aromatic carbocycles. The Labute approximate surface area is 184 Å². The number of carbonyl (C=O) groups excluding carboxylic acids is 2. The number of aryl methyl sites for hydroxylation is 1. The minimum Gasteiger partial charge on any atom is -0.505 e. The average molecular weight is 424 g/mol. The topological polar surface area (TPSA) is 87.8 Å². The van der Waals surface area contributed by atoms with Gasteiger partial charge in [-0.15, -0.1) is 0 Å². The third kappa shape index (κ3) is 3.15. The third-order valence-corrected chi connectivity index (χ3v) is 5.66. The van der Waals surface area contributed by atoms with Crippen LogP contribution in [0.5, 0.6) is 0 Å². The van der Waals surface area contributed by atoms with Gasteiger partial charge in [0.25, 0.3) is 11.7 Å². The summed E-state index contributed by atoms with van der Waals surface area (Å²) < 4.78 is 1.72. The molecule has 32 heavy (non-hydrogen) atoms. The van der Waals surface area contributed by atoms with Gasteiger partial charge in [0.2, 0.25) is 0 Å². The second-order valence-corrected chi connectivity index (χ2v) is 7.67. The molecule has 0 aliphatic carbocycles. The summed E-state index contributed by atoms with van der Waals surface area (Å²) in [6.07, 6.45) is 5.01. The number of imidazole rings is 1. The number of aromatic nitrogens is 3. The second-order valence-electron chi connectivity index (χ2n) is 7.67. The van der Waals surface area contributed by atoms with Gasteiger partial charge >= 0.3 is 0 Å². The summed E-state index contributed by atoms with van der Waals surface area (Å²) in [5.41, 5.74) is 3.17. The molecule has 1 saturated heterocycles. The van der Waals surface area contributed by atoms with Crippen molar-refractivity contribution in [3.05, 3.63) is 107 Å². The van der Waals surface area contributed by atoms with Gasteiger partial charge in [0, 0.05) is 25.1 Å². The van der Waals surface area contributed by atoms with Crippen LogP contribution in [-0.4, -0.2) is 36.1 Å². The lowest BCUT2D eigenvalue weighted by atomic mass is 9.97. The Morgan fingerprint density at radius 2 is 1.81 bits per heavy atom. The van der Waals surface area contributed by atoms with Gasteiger partial charge in [-0.05, 0) is 36.2 Å². The van der Waals surface area contributed by atoms with Crippen molar-refractivity contribution in [2.75, 3.05) is 0 Å². The number of pyridine rings is 2. The number of carbonyl (C=O) groups is 2. The fourth-order valence-electron chi connectivity index (χ4n) is 4.23. The molecule has 3 aromatic heterocycles. The van der Waals surface area contributed by atoms with Crippen LogP contribution in [0, 0.1) is 6.92 Å². The van der Waals surface area contributed by atoms with Gasteiger partial charge in [0.15, 0.2) is 5.76 Å². The number of rotatable bonds is 4. The van der Waals surface area contributed by atoms with Gasteiger partial charge in [-0.25, -0.2) is 4.98 Å².